The number of anilines is 1. The van der Waals surface area contributed by atoms with Gasteiger partial charge in [-0.25, -0.2) is 9.78 Å². The first kappa shape index (κ1) is 18.8. The van der Waals surface area contributed by atoms with Crippen molar-refractivity contribution in [3.63, 3.8) is 0 Å². The lowest BCUT2D eigenvalue weighted by Crippen LogP contribution is -2.49. The molecule has 1 saturated carbocycles. The summed E-state index contributed by atoms with van der Waals surface area (Å²) < 4.78 is 0. The molecule has 1 aliphatic carbocycles. The minimum Gasteiger partial charge on any atom is -0.323 e. The number of aromatic nitrogens is 1. The maximum atomic E-state index is 12.8. The molecule has 8 heteroatoms. The predicted octanol–water partition coefficient (Wildman–Crippen LogP) is 2.84. The van der Waals surface area contributed by atoms with Crippen molar-refractivity contribution in [2.24, 2.45) is 5.92 Å². The van der Waals surface area contributed by atoms with E-state index in [9.17, 15) is 14.4 Å². The predicted molar refractivity (Wildman–Crippen MR) is 100 cm³/mol. The second-order valence-corrected chi connectivity index (χ2v) is 8.38. The summed E-state index contributed by atoms with van der Waals surface area (Å²) in [7, 11) is 0. The van der Waals surface area contributed by atoms with E-state index in [0.717, 1.165) is 41.2 Å². The molecule has 0 unspecified atom stereocenters. The van der Waals surface area contributed by atoms with Gasteiger partial charge in [-0.05, 0) is 44.9 Å². The lowest BCUT2D eigenvalue weighted by Gasteiger charge is -2.34. The number of carbonyl (C=O) groups is 3. The Labute approximate surface area is 157 Å². The van der Waals surface area contributed by atoms with Crippen LogP contribution in [0.25, 0.3) is 0 Å². The number of hydrogen-bond donors (Lipinski definition) is 2. The molecule has 1 aliphatic heterocycles. The van der Waals surface area contributed by atoms with E-state index in [4.69, 9.17) is 0 Å². The van der Waals surface area contributed by atoms with E-state index in [-0.39, 0.29) is 12.5 Å². The summed E-state index contributed by atoms with van der Waals surface area (Å²) in [5.41, 5.74) is 0.142. The fraction of sp³-hybridized carbons (Fsp3) is 0.667. The van der Waals surface area contributed by atoms with Gasteiger partial charge in [0.15, 0.2) is 5.13 Å². The van der Waals surface area contributed by atoms with Gasteiger partial charge in [-0.2, -0.15) is 0 Å². The zero-order valence-electron chi connectivity index (χ0n) is 15.6. The van der Waals surface area contributed by atoms with E-state index >= 15 is 0 Å². The lowest BCUT2D eigenvalue weighted by molar-refractivity contribution is -0.135. The summed E-state index contributed by atoms with van der Waals surface area (Å²) in [5, 5.41) is 6.07. The molecule has 2 fully saturated rings. The average Bonchev–Trinajstić information content (AvgIpc) is 3.08. The molecule has 2 heterocycles. The Balaban J connectivity index is 1.63. The van der Waals surface area contributed by atoms with Gasteiger partial charge >= 0.3 is 6.03 Å². The van der Waals surface area contributed by atoms with Crippen LogP contribution in [0.3, 0.4) is 0 Å². The van der Waals surface area contributed by atoms with Crippen LogP contribution in [0.1, 0.15) is 56.5 Å². The third-order valence-electron chi connectivity index (χ3n) is 5.56. The van der Waals surface area contributed by atoms with E-state index in [1.165, 1.54) is 11.3 Å². The molecule has 0 atom stereocenters. The largest absolute Gasteiger partial charge is 0.325 e. The first-order valence-electron chi connectivity index (χ1n) is 9.28. The second-order valence-electron chi connectivity index (χ2n) is 7.18. The van der Waals surface area contributed by atoms with Crippen molar-refractivity contribution in [2.45, 2.75) is 64.8 Å². The molecule has 7 nitrogen and oxygen atoms in total. The topological polar surface area (TPSA) is 91.4 Å². The van der Waals surface area contributed by atoms with E-state index in [1.807, 2.05) is 13.8 Å². The molecular formula is C18H26N4O3S. The minimum absolute atomic E-state index is 0.267. The third kappa shape index (κ3) is 3.47. The Bertz CT molecular complexity index is 722. The molecule has 1 aromatic heterocycles. The molecule has 2 N–H and O–H groups in total. The number of aryl methyl sites for hydroxylation is 2. The number of imide groups is 1. The average molecular weight is 378 g/mol. The molecule has 0 radical (unpaired) electrons. The Kier molecular flexibility index (Phi) is 5.32. The van der Waals surface area contributed by atoms with Crippen molar-refractivity contribution in [1.82, 2.24) is 15.2 Å². The van der Waals surface area contributed by atoms with E-state index in [0.29, 0.717) is 23.9 Å². The summed E-state index contributed by atoms with van der Waals surface area (Å²) >= 11 is 1.40. The van der Waals surface area contributed by atoms with Crippen molar-refractivity contribution in [3.05, 3.63) is 10.6 Å². The summed E-state index contributed by atoms with van der Waals surface area (Å²) in [5.74, 6) is -0.0513. The van der Waals surface area contributed by atoms with Crippen LogP contribution in [0.5, 0.6) is 0 Å². The maximum absolute atomic E-state index is 12.8. The number of thiazole rings is 1. The molecular weight excluding hydrogens is 352 g/mol. The number of nitrogens with one attached hydrogen (secondary N) is 2. The highest BCUT2D eigenvalue weighted by atomic mass is 32.1. The molecule has 1 aromatic rings. The fourth-order valence-electron chi connectivity index (χ4n) is 3.85. The monoisotopic (exact) mass is 378 g/mol. The molecule has 26 heavy (non-hydrogen) atoms. The van der Waals surface area contributed by atoms with E-state index in [1.54, 1.807) is 0 Å². The zero-order chi connectivity index (χ0) is 18.9. The van der Waals surface area contributed by atoms with Gasteiger partial charge in [0.1, 0.15) is 12.1 Å². The van der Waals surface area contributed by atoms with Gasteiger partial charge < -0.3 is 10.6 Å². The SMILES string of the molecule is CCc1nc(NC(=O)CN2C(=O)NC3(CCC(CC)CC3)C2=O)sc1C. The first-order chi connectivity index (χ1) is 12.4. The van der Waals surface area contributed by atoms with Crippen LogP contribution < -0.4 is 10.6 Å². The smallest absolute Gasteiger partial charge is 0.323 e. The standard InChI is InChI=1S/C18H26N4O3S/c1-4-12-6-8-18(9-7-12)15(24)22(17(25)21-18)10-14(23)20-16-19-13(5-2)11(3)26-16/h12H,4-10H2,1-3H3,(H,21,25)(H,19,20,23). The van der Waals surface area contributed by atoms with Crippen molar-refractivity contribution >= 4 is 34.3 Å². The van der Waals surface area contributed by atoms with Gasteiger partial charge in [-0.15, -0.1) is 11.3 Å². The van der Waals surface area contributed by atoms with E-state index in [2.05, 4.69) is 22.5 Å². The molecule has 1 spiro atoms. The molecule has 4 amide bonds. The van der Waals surface area contributed by atoms with Gasteiger partial charge in [0.25, 0.3) is 5.91 Å². The zero-order valence-corrected chi connectivity index (χ0v) is 16.4. The minimum atomic E-state index is -0.809. The summed E-state index contributed by atoms with van der Waals surface area (Å²) in [6.45, 7) is 5.84. The van der Waals surface area contributed by atoms with Gasteiger partial charge in [-0.1, -0.05) is 20.3 Å². The Hall–Kier alpha value is -1.96. The summed E-state index contributed by atoms with van der Waals surface area (Å²) in [6.07, 6.45) is 5.06. The third-order valence-corrected chi connectivity index (χ3v) is 6.49. The van der Waals surface area contributed by atoms with Crippen molar-refractivity contribution in [2.75, 3.05) is 11.9 Å². The van der Waals surface area contributed by atoms with Gasteiger partial charge in [0.05, 0.1) is 5.69 Å². The van der Waals surface area contributed by atoms with Crippen LogP contribution >= 0.6 is 11.3 Å². The maximum Gasteiger partial charge on any atom is 0.325 e. The van der Waals surface area contributed by atoms with Crippen LogP contribution in [0.4, 0.5) is 9.93 Å². The Morgan fingerprint density at radius 1 is 1.35 bits per heavy atom. The van der Waals surface area contributed by atoms with Crippen LogP contribution in [0.2, 0.25) is 0 Å². The lowest BCUT2D eigenvalue weighted by atomic mass is 9.75. The molecule has 2 aliphatic rings. The first-order valence-corrected chi connectivity index (χ1v) is 10.1. The highest BCUT2D eigenvalue weighted by molar-refractivity contribution is 7.15. The van der Waals surface area contributed by atoms with Crippen LogP contribution in [-0.2, 0) is 16.0 Å². The number of hydrogen-bond acceptors (Lipinski definition) is 5. The van der Waals surface area contributed by atoms with Crippen LogP contribution in [0.15, 0.2) is 0 Å². The van der Waals surface area contributed by atoms with Gasteiger partial charge in [0.2, 0.25) is 5.91 Å². The Morgan fingerprint density at radius 3 is 2.62 bits per heavy atom. The molecule has 1 saturated heterocycles. The second kappa shape index (κ2) is 7.34. The molecule has 0 aromatic carbocycles. The number of carbonyl (C=O) groups excluding carboxylic acids is 3. The van der Waals surface area contributed by atoms with Crippen LogP contribution in [0, 0.1) is 12.8 Å². The van der Waals surface area contributed by atoms with E-state index < -0.39 is 17.5 Å². The normalized spacial score (nSPS) is 25.7. The fourth-order valence-corrected chi connectivity index (χ4v) is 4.77. The van der Waals surface area contributed by atoms with Gasteiger partial charge in [0, 0.05) is 4.88 Å². The molecule has 142 valence electrons. The Morgan fingerprint density at radius 2 is 2.04 bits per heavy atom. The molecule has 0 bridgehead atoms. The molecule has 3 rings (SSSR count). The van der Waals surface area contributed by atoms with Crippen molar-refractivity contribution < 1.29 is 14.4 Å². The van der Waals surface area contributed by atoms with Crippen LogP contribution in [-0.4, -0.2) is 39.8 Å². The summed E-state index contributed by atoms with van der Waals surface area (Å²) in [6, 6.07) is -0.468. The number of urea groups is 1. The van der Waals surface area contributed by atoms with Gasteiger partial charge in [-0.3, -0.25) is 14.5 Å². The van der Waals surface area contributed by atoms with Crippen molar-refractivity contribution in [3.8, 4) is 0 Å². The van der Waals surface area contributed by atoms with Crippen molar-refractivity contribution in [1.29, 1.82) is 0 Å². The highest BCUT2D eigenvalue weighted by Gasteiger charge is 2.52. The highest BCUT2D eigenvalue weighted by Crippen LogP contribution is 2.37. The number of rotatable bonds is 5. The number of nitrogens with zero attached hydrogens (tertiary/aromatic N) is 2. The summed E-state index contributed by atoms with van der Waals surface area (Å²) in [4.78, 5) is 43.9. The number of amides is 4. The quantitative estimate of drug-likeness (QED) is 0.771.